The number of hydrogen-bond donors (Lipinski definition) is 0. The molecule has 0 amide bonds. The first-order chi connectivity index (χ1) is 17.2. The Balaban J connectivity index is 1.84. The van der Waals surface area contributed by atoms with Gasteiger partial charge in [-0.15, -0.1) is 0 Å². The maximum atomic E-state index is 14.4. The molecule has 0 aliphatic rings. The molecule has 0 aliphatic heterocycles. The van der Waals surface area contributed by atoms with Gasteiger partial charge in [-0.3, -0.25) is 0 Å². The summed E-state index contributed by atoms with van der Waals surface area (Å²) in [5, 5.41) is 0.102. The number of para-hydroxylation sites is 1. The molecule has 1 heterocycles. The second-order valence-electron chi connectivity index (χ2n) is 8.53. The summed E-state index contributed by atoms with van der Waals surface area (Å²) in [6.07, 6.45) is -6.95. The maximum absolute atomic E-state index is 14.4. The van der Waals surface area contributed by atoms with Crippen molar-refractivity contribution in [2.45, 2.75) is 38.8 Å². The summed E-state index contributed by atoms with van der Waals surface area (Å²) in [7, 11) is 1.56. The number of ether oxygens (including phenoxy) is 3. The van der Waals surface area contributed by atoms with Gasteiger partial charge in [0.2, 0.25) is 6.10 Å². The van der Waals surface area contributed by atoms with Crippen molar-refractivity contribution in [1.82, 2.24) is 4.57 Å². The first-order valence-electron chi connectivity index (χ1n) is 11.4. The molecular formula is C28H26F3NO3S. The van der Waals surface area contributed by atoms with E-state index in [0.717, 1.165) is 16.6 Å². The molecule has 0 fully saturated rings. The summed E-state index contributed by atoms with van der Waals surface area (Å²) in [6, 6.07) is 23.3. The number of hydrogen-bond acceptors (Lipinski definition) is 4. The van der Waals surface area contributed by atoms with Gasteiger partial charge < -0.3 is 18.8 Å². The summed E-state index contributed by atoms with van der Waals surface area (Å²) in [4.78, 5) is 0. The van der Waals surface area contributed by atoms with Crippen molar-refractivity contribution < 1.29 is 27.4 Å². The standard InChI is InChI=1S/C28H26F3NO3S/c1-18-14-15-22-23(16-18)32(17-33-3)25(20-10-6-4-7-11-20)24(22)19(2)26(28(29,30)31)35-27(36)34-21-12-8-5-9-13-21/h4-16,19,26H,17H2,1-3H3. The van der Waals surface area contributed by atoms with Crippen molar-refractivity contribution in [3.8, 4) is 17.0 Å². The van der Waals surface area contributed by atoms with Crippen molar-refractivity contribution in [1.29, 1.82) is 0 Å². The summed E-state index contributed by atoms with van der Waals surface area (Å²) in [6.45, 7) is 3.61. The number of rotatable bonds is 7. The highest BCUT2D eigenvalue weighted by molar-refractivity contribution is 7.79. The van der Waals surface area contributed by atoms with Gasteiger partial charge in [0, 0.05) is 30.6 Å². The van der Waals surface area contributed by atoms with E-state index in [1.807, 2.05) is 60.0 Å². The molecule has 0 bridgehead atoms. The van der Waals surface area contributed by atoms with Crippen LogP contribution in [-0.2, 0) is 16.2 Å². The van der Waals surface area contributed by atoms with E-state index >= 15 is 0 Å². The minimum absolute atomic E-state index is 0.171. The highest BCUT2D eigenvalue weighted by Gasteiger charge is 2.48. The third kappa shape index (κ3) is 5.39. The number of nitrogens with zero attached hydrogens (tertiary/aromatic N) is 1. The van der Waals surface area contributed by atoms with Crippen molar-refractivity contribution in [3.05, 3.63) is 90.0 Å². The van der Waals surface area contributed by atoms with Crippen LogP contribution in [-0.4, -0.2) is 29.2 Å². The number of halogens is 3. The number of fused-ring (bicyclic) bond motifs is 1. The highest BCUT2D eigenvalue weighted by Crippen LogP contribution is 2.44. The zero-order valence-corrected chi connectivity index (χ0v) is 20.9. The zero-order valence-electron chi connectivity index (χ0n) is 20.1. The number of methoxy groups -OCH3 is 1. The molecule has 0 radical (unpaired) electrons. The van der Waals surface area contributed by atoms with Gasteiger partial charge in [-0.1, -0.05) is 67.6 Å². The third-order valence-corrected chi connectivity index (χ3v) is 6.14. The predicted molar refractivity (Wildman–Crippen MR) is 138 cm³/mol. The fourth-order valence-electron chi connectivity index (χ4n) is 4.43. The Hall–Kier alpha value is -3.36. The van der Waals surface area contributed by atoms with Crippen molar-refractivity contribution in [2.24, 2.45) is 0 Å². The summed E-state index contributed by atoms with van der Waals surface area (Å²) in [5.74, 6) is -0.825. The van der Waals surface area contributed by atoms with Crippen molar-refractivity contribution >= 4 is 28.4 Å². The van der Waals surface area contributed by atoms with Gasteiger partial charge in [0.25, 0.3) is 0 Å². The zero-order chi connectivity index (χ0) is 25.9. The number of thiocarbonyl (C=S) groups is 1. The molecule has 0 saturated carbocycles. The minimum Gasteiger partial charge on any atom is -0.443 e. The van der Waals surface area contributed by atoms with Crippen LogP contribution in [0.25, 0.3) is 22.2 Å². The molecule has 4 aromatic rings. The molecule has 0 saturated heterocycles. The lowest BCUT2D eigenvalue weighted by molar-refractivity contribution is -0.206. The fraction of sp³-hybridized carbons (Fsp3) is 0.250. The monoisotopic (exact) mass is 513 g/mol. The molecule has 4 nitrogen and oxygen atoms in total. The van der Waals surface area contributed by atoms with Crippen LogP contribution in [0.5, 0.6) is 5.75 Å². The van der Waals surface area contributed by atoms with Crippen LogP contribution in [0, 0.1) is 6.92 Å². The number of alkyl halides is 3. The van der Waals surface area contributed by atoms with Crippen LogP contribution in [0.2, 0.25) is 0 Å². The number of aryl methyl sites for hydroxylation is 1. The lowest BCUT2D eigenvalue weighted by Gasteiger charge is -2.28. The molecule has 4 rings (SSSR count). The fourth-order valence-corrected chi connectivity index (χ4v) is 4.63. The van der Waals surface area contributed by atoms with E-state index in [4.69, 9.17) is 26.4 Å². The minimum atomic E-state index is -4.71. The van der Waals surface area contributed by atoms with Gasteiger partial charge in [-0.25, -0.2) is 0 Å². The molecule has 36 heavy (non-hydrogen) atoms. The average Bonchev–Trinajstić information content (AvgIpc) is 3.16. The molecule has 8 heteroatoms. The normalized spacial score (nSPS) is 13.4. The van der Waals surface area contributed by atoms with Crippen LogP contribution < -0.4 is 4.74 Å². The first kappa shape index (κ1) is 25.7. The van der Waals surface area contributed by atoms with Gasteiger partial charge in [0.15, 0.2) is 0 Å². The molecule has 2 unspecified atom stereocenters. The van der Waals surface area contributed by atoms with Gasteiger partial charge in [0.05, 0.1) is 11.2 Å². The van der Waals surface area contributed by atoms with E-state index in [9.17, 15) is 13.2 Å². The Morgan fingerprint density at radius 2 is 1.61 bits per heavy atom. The Labute approximate surface area is 213 Å². The van der Waals surface area contributed by atoms with Gasteiger partial charge in [0.1, 0.15) is 12.5 Å². The molecule has 3 aromatic carbocycles. The SMILES string of the molecule is COCn1c(-c2ccccc2)c(C(C)C(OC(=S)Oc2ccccc2)C(F)(F)F)c2ccc(C)cc21. The van der Waals surface area contributed by atoms with Gasteiger partial charge >= 0.3 is 11.4 Å². The first-order valence-corrected chi connectivity index (χ1v) is 11.8. The molecule has 1 aromatic heterocycles. The second-order valence-corrected chi connectivity index (χ2v) is 8.86. The summed E-state index contributed by atoms with van der Waals surface area (Å²) >= 11 is 5.07. The molecule has 2 atom stereocenters. The molecular weight excluding hydrogens is 487 g/mol. The quantitative estimate of drug-likeness (QED) is 0.238. The van der Waals surface area contributed by atoms with E-state index in [1.54, 1.807) is 37.4 Å². The highest BCUT2D eigenvalue weighted by atomic mass is 32.1. The van der Waals surface area contributed by atoms with E-state index in [2.05, 4.69) is 0 Å². The van der Waals surface area contributed by atoms with Gasteiger partial charge in [-0.05, 0) is 41.8 Å². The summed E-state index contributed by atoms with van der Waals surface area (Å²) in [5.41, 5.74) is 3.67. The van der Waals surface area contributed by atoms with Crippen LogP contribution in [0.15, 0.2) is 78.9 Å². The molecule has 188 valence electrons. The molecule has 0 spiro atoms. The smallest absolute Gasteiger partial charge is 0.426 e. The van der Waals surface area contributed by atoms with E-state index in [0.29, 0.717) is 22.4 Å². The van der Waals surface area contributed by atoms with Crippen molar-refractivity contribution in [3.63, 3.8) is 0 Å². The second kappa shape index (κ2) is 10.7. The lowest BCUT2D eigenvalue weighted by atomic mass is 9.90. The Bertz CT molecular complexity index is 1340. The largest absolute Gasteiger partial charge is 0.443 e. The summed E-state index contributed by atoms with van der Waals surface area (Å²) < 4.78 is 61.4. The Morgan fingerprint density at radius 1 is 0.972 bits per heavy atom. The van der Waals surface area contributed by atoms with Crippen LogP contribution >= 0.6 is 12.2 Å². The van der Waals surface area contributed by atoms with E-state index < -0.39 is 23.4 Å². The van der Waals surface area contributed by atoms with Crippen LogP contribution in [0.4, 0.5) is 13.2 Å². The van der Waals surface area contributed by atoms with Crippen LogP contribution in [0.3, 0.4) is 0 Å². The van der Waals surface area contributed by atoms with Crippen molar-refractivity contribution in [2.75, 3.05) is 7.11 Å². The molecule has 0 aliphatic carbocycles. The van der Waals surface area contributed by atoms with E-state index in [-0.39, 0.29) is 6.73 Å². The van der Waals surface area contributed by atoms with E-state index in [1.165, 1.54) is 6.92 Å². The van der Waals surface area contributed by atoms with Crippen LogP contribution in [0.1, 0.15) is 24.0 Å². The third-order valence-electron chi connectivity index (χ3n) is 5.96. The molecule has 0 N–H and O–H groups in total. The van der Waals surface area contributed by atoms with Gasteiger partial charge in [-0.2, -0.15) is 13.2 Å². The Morgan fingerprint density at radius 3 is 2.22 bits per heavy atom. The topological polar surface area (TPSA) is 32.6 Å². The maximum Gasteiger partial charge on any atom is 0.426 e. The Kier molecular flexibility index (Phi) is 7.66. The lowest BCUT2D eigenvalue weighted by Crippen LogP contribution is -2.39. The predicted octanol–water partition coefficient (Wildman–Crippen LogP) is 7.64. The number of aromatic nitrogens is 1. The average molecular weight is 514 g/mol. The number of benzene rings is 3.